The van der Waals surface area contributed by atoms with Crippen molar-refractivity contribution in [3.05, 3.63) is 35.6 Å². The molecule has 2 atom stereocenters. The topological polar surface area (TPSA) is 47.6 Å². The Labute approximate surface area is 118 Å². The molecule has 1 fully saturated rings. The molecule has 0 aromatic heterocycles. The van der Waals surface area contributed by atoms with Gasteiger partial charge in [-0.1, -0.05) is 12.1 Å². The van der Waals surface area contributed by atoms with Gasteiger partial charge in [0.1, 0.15) is 11.9 Å². The zero-order chi connectivity index (χ0) is 14.4. The normalized spacial score (nSPS) is 19.8. The summed E-state index contributed by atoms with van der Waals surface area (Å²) in [5.41, 5.74) is 0.697. The van der Waals surface area contributed by atoms with E-state index in [0.29, 0.717) is 18.7 Å². The Morgan fingerprint density at radius 1 is 1.50 bits per heavy atom. The number of carbonyl (C=O) groups excluding carboxylic acids is 1. The predicted molar refractivity (Wildman–Crippen MR) is 72.8 cm³/mol. The average Bonchev–Trinajstić information content (AvgIpc) is 2.94. The summed E-state index contributed by atoms with van der Waals surface area (Å²) in [7, 11) is 0. The number of nitrogens with one attached hydrogen (secondary N) is 1. The van der Waals surface area contributed by atoms with Gasteiger partial charge < -0.3 is 9.47 Å². The van der Waals surface area contributed by atoms with Crippen LogP contribution in [-0.4, -0.2) is 31.8 Å². The minimum Gasteiger partial charge on any atom is -0.465 e. The third kappa shape index (κ3) is 4.02. The predicted octanol–water partition coefficient (Wildman–Crippen LogP) is 2.20. The van der Waals surface area contributed by atoms with E-state index in [9.17, 15) is 9.18 Å². The number of carbonyl (C=O) groups is 1. The molecule has 0 saturated carbocycles. The molecule has 1 aliphatic heterocycles. The highest BCUT2D eigenvalue weighted by molar-refractivity contribution is 5.77. The SMILES string of the molecule is CCOC(=O)C(NCC1CCCO1)c1ccc(F)cc1. The van der Waals surface area contributed by atoms with Gasteiger partial charge in [-0.25, -0.2) is 9.18 Å². The summed E-state index contributed by atoms with van der Waals surface area (Å²) in [6.45, 7) is 3.44. The minimum atomic E-state index is -0.584. The van der Waals surface area contributed by atoms with Crippen LogP contribution in [0.4, 0.5) is 4.39 Å². The molecular weight excluding hydrogens is 261 g/mol. The zero-order valence-electron chi connectivity index (χ0n) is 11.6. The Hall–Kier alpha value is -1.46. The molecule has 0 spiro atoms. The van der Waals surface area contributed by atoms with E-state index in [4.69, 9.17) is 9.47 Å². The first kappa shape index (κ1) is 14.9. The van der Waals surface area contributed by atoms with Crippen molar-refractivity contribution in [2.75, 3.05) is 19.8 Å². The standard InChI is InChI=1S/C15H20FNO3/c1-2-19-15(18)14(11-5-7-12(16)8-6-11)17-10-13-4-3-9-20-13/h5-8,13-14,17H,2-4,9-10H2,1H3. The largest absolute Gasteiger partial charge is 0.465 e. The molecule has 1 heterocycles. The lowest BCUT2D eigenvalue weighted by atomic mass is 10.1. The van der Waals surface area contributed by atoms with E-state index in [-0.39, 0.29) is 17.9 Å². The van der Waals surface area contributed by atoms with Gasteiger partial charge in [-0.15, -0.1) is 0 Å². The smallest absolute Gasteiger partial charge is 0.327 e. The first-order valence-corrected chi connectivity index (χ1v) is 6.97. The Morgan fingerprint density at radius 3 is 2.85 bits per heavy atom. The van der Waals surface area contributed by atoms with Crippen LogP contribution in [-0.2, 0) is 14.3 Å². The van der Waals surface area contributed by atoms with E-state index < -0.39 is 6.04 Å². The third-order valence-electron chi connectivity index (χ3n) is 3.30. The quantitative estimate of drug-likeness (QED) is 0.812. The highest BCUT2D eigenvalue weighted by Crippen LogP contribution is 2.17. The molecule has 20 heavy (non-hydrogen) atoms. The lowest BCUT2D eigenvalue weighted by molar-refractivity contribution is -0.146. The van der Waals surface area contributed by atoms with Gasteiger partial charge in [0.25, 0.3) is 0 Å². The third-order valence-corrected chi connectivity index (χ3v) is 3.30. The molecule has 1 aliphatic rings. The molecule has 110 valence electrons. The number of esters is 1. The summed E-state index contributed by atoms with van der Waals surface area (Å²) in [4.78, 5) is 12.0. The van der Waals surface area contributed by atoms with Crippen molar-refractivity contribution in [2.24, 2.45) is 0 Å². The second kappa shape index (κ2) is 7.36. The summed E-state index contributed by atoms with van der Waals surface area (Å²) in [5.74, 6) is -0.674. The van der Waals surface area contributed by atoms with Crippen LogP contribution < -0.4 is 5.32 Å². The van der Waals surface area contributed by atoms with E-state index >= 15 is 0 Å². The van der Waals surface area contributed by atoms with Gasteiger partial charge in [-0.2, -0.15) is 0 Å². The van der Waals surface area contributed by atoms with Crippen molar-refractivity contribution in [2.45, 2.75) is 31.9 Å². The van der Waals surface area contributed by atoms with Crippen LogP contribution in [0.3, 0.4) is 0 Å². The fraction of sp³-hybridized carbons (Fsp3) is 0.533. The van der Waals surface area contributed by atoms with Gasteiger partial charge in [0.15, 0.2) is 0 Å². The maximum atomic E-state index is 13.0. The van der Waals surface area contributed by atoms with Gasteiger partial charge in [-0.3, -0.25) is 5.32 Å². The van der Waals surface area contributed by atoms with Gasteiger partial charge in [-0.05, 0) is 37.5 Å². The van der Waals surface area contributed by atoms with Crippen LogP contribution in [0, 0.1) is 5.82 Å². The first-order valence-electron chi connectivity index (χ1n) is 6.97. The highest BCUT2D eigenvalue weighted by Gasteiger charge is 2.24. The van der Waals surface area contributed by atoms with Crippen LogP contribution in [0.25, 0.3) is 0 Å². The van der Waals surface area contributed by atoms with Crippen molar-refractivity contribution < 1.29 is 18.7 Å². The molecule has 1 aromatic rings. The summed E-state index contributed by atoms with van der Waals surface area (Å²) in [5, 5.41) is 3.16. The van der Waals surface area contributed by atoms with E-state index in [1.165, 1.54) is 12.1 Å². The van der Waals surface area contributed by atoms with Gasteiger partial charge in [0, 0.05) is 13.2 Å². The van der Waals surface area contributed by atoms with Crippen LogP contribution in [0.2, 0.25) is 0 Å². The zero-order valence-corrected chi connectivity index (χ0v) is 11.6. The fourth-order valence-corrected chi connectivity index (χ4v) is 2.27. The summed E-state index contributed by atoms with van der Waals surface area (Å²) < 4.78 is 23.6. The second-order valence-corrected chi connectivity index (χ2v) is 4.78. The molecule has 0 amide bonds. The van der Waals surface area contributed by atoms with Crippen LogP contribution >= 0.6 is 0 Å². The second-order valence-electron chi connectivity index (χ2n) is 4.78. The van der Waals surface area contributed by atoms with Crippen LogP contribution in [0.5, 0.6) is 0 Å². The molecule has 2 unspecified atom stereocenters. The fourth-order valence-electron chi connectivity index (χ4n) is 2.27. The first-order chi connectivity index (χ1) is 9.70. The molecule has 0 radical (unpaired) electrons. The summed E-state index contributed by atoms with van der Waals surface area (Å²) in [6.07, 6.45) is 2.17. The molecule has 1 aromatic carbocycles. The molecule has 5 heteroatoms. The minimum absolute atomic E-state index is 0.132. The highest BCUT2D eigenvalue weighted by atomic mass is 19.1. The Bertz CT molecular complexity index is 429. The van der Waals surface area contributed by atoms with Crippen LogP contribution in [0.15, 0.2) is 24.3 Å². The summed E-state index contributed by atoms with van der Waals surface area (Å²) >= 11 is 0. The molecule has 0 bridgehead atoms. The maximum Gasteiger partial charge on any atom is 0.327 e. The van der Waals surface area contributed by atoms with Gasteiger partial charge >= 0.3 is 5.97 Å². The number of hydrogen-bond donors (Lipinski definition) is 1. The number of benzene rings is 1. The number of ether oxygens (including phenoxy) is 2. The molecule has 1 N–H and O–H groups in total. The maximum absolute atomic E-state index is 13.0. The molecule has 4 nitrogen and oxygen atoms in total. The van der Waals surface area contributed by atoms with Crippen molar-refractivity contribution >= 4 is 5.97 Å². The monoisotopic (exact) mass is 281 g/mol. The lowest BCUT2D eigenvalue weighted by Gasteiger charge is -2.19. The lowest BCUT2D eigenvalue weighted by Crippen LogP contribution is -2.35. The molecule has 0 aliphatic carbocycles. The van der Waals surface area contributed by atoms with Crippen molar-refractivity contribution in [1.29, 1.82) is 0 Å². The van der Waals surface area contributed by atoms with Gasteiger partial charge in [0.2, 0.25) is 0 Å². The molecular formula is C15H20FNO3. The van der Waals surface area contributed by atoms with Gasteiger partial charge in [0.05, 0.1) is 12.7 Å². The Morgan fingerprint density at radius 2 is 2.25 bits per heavy atom. The van der Waals surface area contributed by atoms with E-state index in [1.54, 1.807) is 19.1 Å². The van der Waals surface area contributed by atoms with E-state index in [2.05, 4.69) is 5.32 Å². The number of halogens is 1. The molecule has 1 saturated heterocycles. The number of rotatable bonds is 6. The summed E-state index contributed by atoms with van der Waals surface area (Å²) in [6, 6.07) is 5.29. The Balaban J connectivity index is 2.03. The van der Waals surface area contributed by atoms with Crippen molar-refractivity contribution in [3.8, 4) is 0 Å². The van der Waals surface area contributed by atoms with Crippen LogP contribution in [0.1, 0.15) is 31.4 Å². The van der Waals surface area contributed by atoms with Crippen molar-refractivity contribution in [3.63, 3.8) is 0 Å². The Kier molecular flexibility index (Phi) is 5.49. The average molecular weight is 281 g/mol. The van der Waals surface area contributed by atoms with E-state index in [1.807, 2.05) is 0 Å². The molecule has 2 rings (SSSR count). The number of hydrogen-bond acceptors (Lipinski definition) is 4. The van der Waals surface area contributed by atoms with E-state index in [0.717, 1.165) is 19.4 Å². The van der Waals surface area contributed by atoms with Crippen molar-refractivity contribution in [1.82, 2.24) is 5.32 Å².